The van der Waals surface area contributed by atoms with E-state index in [1.807, 2.05) is 0 Å². The number of benzene rings is 1. The summed E-state index contributed by atoms with van der Waals surface area (Å²) in [4.78, 5) is 15.4. The van der Waals surface area contributed by atoms with Crippen molar-refractivity contribution in [2.75, 3.05) is 13.1 Å². The minimum absolute atomic E-state index is 0.192. The Bertz CT molecular complexity index is 384. The predicted octanol–water partition coefficient (Wildman–Crippen LogP) is 0.745. The van der Waals surface area contributed by atoms with Gasteiger partial charge in [-0.1, -0.05) is 0 Å². The van der Waals surface area contributed by atoms with E-state index in [1.54, 1.807) is 12.1 Å². The lowest BCUT2D eigenvalue weighted by atomic mass is 10.1. The number of hydrogen-bond acceptors (Lipinski definition) is 2. The van der Waals surface area contributed by atoms with Gasteiger partial charge in [0.25, 0.3) is 5.91 Å². The molecule has 0 unspecified atom stereocenters. The van der Waals surface area contributed by atoms with Crippen molar-refractivity contribution >= 4 is 11.6 Å². The smallest absolute Gasteiger partial charge is 0.270 e. The van der Waals surface area contributed by atoms with E-state index in [-0.39, 0.29) is 11.7 Å². The maximum Gasteiger partial charge on any atom is 0.270 e. The minimum Gasteiger partial charge on any atom is -0.349 e. The molecule has 0 saturated carbocycles. The van der Waals surface area contributed by atoms with Crippen LogP contribution in [0.1, 0.15) is 5.56 Å². The molecular formula is C10H9FN2O. The van der Waals surface area contributed by atoms with Gasteiger partial charge < -0.3 is 5.32 Å². The van der Waals surface area contributed by atoms with Crippen molar-refractivity contribution in [3.8, 4) is 0 Å². The van der Waals surface area contributed by atoms with E-state index in [0.29, 0.717) is 24.4 Å². The summed E-state index contributed by atoms with van der Waals surface area (Å²) in [7, 11) is 0. The molecule has 4 heteroatoms. The Kier molecular flexibility index (Phi) is 2.26. The van der Waals surface area contributed by atoms with Gasteiger partial charge in [0.15, 0.2) is 0 Å². The third-order valence-electron chi connectivity index (χ3n) is 2.00. The molecule has 0 aromatic heterocycles. The fourth-order valence-corrected chi connectivity index (χ4v) is 1.32. The minimum atomic E-state index is -0.314. The molecule has 0 aliphatic carbocycles. The normalized spacial score (nSPS) is 16.1. The fraction of sp³-hybridized carbons (Fsp3) is 0.200. The van der Waals surface area contributed by atoms with Crippen LogP contribution in [-0.4, -0.2) is 24.7 Å². The van der Waals surface area contributed by atoms with Gasteiger partial charge in [-0.2, -0.15) is 0 Å². The summed E-state index contributed by atoms with van der Waals surface area (Å²) in [5, 5.41) is 2.68. The average molecular weight is 192 g/mol. The summed E-state index contributed by atoms with van der Waals surface area (Å²) in [6.07, 6.45) is 0. The van der Waals surface area contributed by atoms with Crippen molar-refractivity contribution in [1.29, 1.82) is 0 Å². The lowest BCUT2D eigenvalue weighted by Gasteiger charge is -2.12. The number of halogens is 1. The quantitative estimate of drug-likeness (QED) is 0.700. The van der Waals surface area contributed by atoms with Crippen molar-refractivity contribution in [3.63, 3.8) is 0 Å². The van der Waals surface area contributed by atoms with Crippen molar-refractivity contribution < 1.29 is 9.18 Å². The van der Waals surface area contributed by atoms with E-state index in [2.05, 4.69) is 10.3 Å². The Morgan fingerprint density at radius 1 is 1.29 bits per heavy atom. The van der Waals surface area contributed by atoms with Gasteiger partial charge in [-0.05, 0) is 24.3 Å². The zero-order valence-electron chi connectivity index (χ0n) is 7.46. The molecule has 1 aliphatic heterocycles. The third kappa shape index (κ3) is 1.64. The highest BCUT2D eigenvalue weighted by Gasteiger charge is 2.16. The standard InChI is InChI=1S/C10H9FN2O/c11-8-3-1-7(2-4-8)9-10(14)13-6-5-12-9/h1-4H,5-6H2,(H,13,14). The molecule has 0 spiro atoms. The first-order chi connectivity index (χ1) is 6.77. The monoisotopic (exact) mass is 192 g/mol. The van der Waals surface area contributed by atoms with Gasteiger partial charge in [-0.3, -0.25) is 9.79 Å². The number of amides is 1. The van der Waals surface area contributed by atoms with Crippen LogP contribution < -0.4 is 5.32 Å². The van der Waals surface area contributed by atoms with Crippen molar-refractivity contribution in [3.05, 3.63) is 35.6 Å². The third-order valence-corrected chi connectivity index (χ3v) is 2.00. The maximum atomic E-state index is 12.6. The van der Waals surface area contributed by atoms with Gasteiger partial charge in [-0.15, -0.1) is 0 Å². The molecule has 2 rings (SSSR count). The molecule has 72 valence electrons. The SMILES string of the molecule is O=C1NCCN=C1c1ccc(F)cc1. The summed E-state index contributed by atoms with van der Waals surface area (Å²) in [6, 6.07) is 5.75. The summed E-state index contributed by atoms with van der Waals surface area (Å²) < 4.78 is 12.6. The van der Waals surface area contributed by atoms with Crippen LogP contribution in [0, 0.1) is 5.82 Å². The van der Waals surface area contributed by atoms with E-state index >= 15 is 0 Å². The molecule has 0 fully saturated rings. The molecule has 1 N–H and O–H groups in total. The second kappa shape index (κ2) is 3.57. The van der Waals surface area contributed by atoms with Crippen molar-refractivity contribution in [1.82, 2.24) is 5.32 Å². The van der Waals surface area contributed by atoms with E-state index in [0.717, 1.165) is 0 Å². The molecule has 3 nitrogen and oxygen atoms in total. The number of nitrogens with zero attached hydrogens (tertiary/aromatic N) is 1. The number of nitrogens with one attached hydrogen (secondary N) is 1. The summed E-state index contributed by atoms with van der Waals surface area (Å²) in [6.45, 7) is 1.15. The Balaban J connectivity index is 2.34. The van der Waals surface area contributed by atoms with Crippen LogP contribution in [0.25, 0.3) is 0 Å². The zero-order valence-corrected chi connectivity index (χ0v) is 7.46. The van der Waals surface area contributed by atoms with E-state index in [9.17, 15) is 9.18 Å². The number of carbonyl (C=O) groups excluding carboxylic acids is 1. The molecule has 0 saturated heterocycles. The molecule has 1 amide bonds. The Morgan fingerprint density at radius 3 is 2.64 bits per heavy atom. The van der Waals surface area contributed by atoms with Crippen LogP contribution in [0.4, 0.5) is 4.39 Å². The highest BCUT2D eigenvalue weighted by Crippen LogP contribution is 2.06. The summed E-state index contributed by atoms with van der Waals surface area (Å²) in [5.74, 6) is -0.506. The highest BCUT2D eigenvalue weighted by molar-refractivity contribution is 6.45. The van der Waals surface area contributed by atoms with Gasteiger partial charge in [0.05, 0.1) is 6.54 Å². The molecule has 1 aromatic rings. The topological polar surface area (TPSA) is 41.5 Å². The molecule has 1 aromatic carbocycles. The van der Waals surface area contributed by atoms with Crippen LogP contribution in [0.3, 0.4) is 0 Å². The van der Waals surface area contributed by atoms with Gasteiger partial charge >= 0.3 is 0 Å². The van der Waals surface area contributed by atoms with Crippen LogP contribution in [0.15, 0.2) is 29.3 Å². The van der Waals surface area contributed by atoms with Crippen LogP contribution in [0.5, 0.6) is 0 Å². The van der Waals surface area contributed by atoms with E-state index in [4.69, 9.17) is 0 Å². The zero-order chi connectivity index (χ0) is 9.97. The average Bonchev–Trinajstić information content (AvgIpc) is 2.20. The largest absolute Gasteiger partial charge is 0.349 e. The summed E-state index contributed by atoms with van der Waals surface area (Å²) >= 11 is 0. The first-order valence-electron chi connectivity index (χ1n) is 4.36. The van der Waals surface area contributed by atoms with E-state index in [1.165, 1.54) is 12.1 Å². The molecule has 0 radical (unpaired) electrons. The molecule has 1 aliphatic rings. The van der Waals surface area contributed by atoms with Crippen molar-refractivity contribution in [2.24, 2.45) is 4.99 Å². The number of rotatable bonds is 1. The Labute approximate surface area is 80.7 Å². The molecule has 1 heterocycles. The van der Waals surface area contributed by atoms with E-state index < -0.39 is 0 Å². The lowest BCUT2D eigenvalue weighted by Crippen LogP contribution is -2.37. The first-order valence-corrected chi connectivity index (χ1v) is 4.36. The molecular weight excluding hydrogens is 183 g/mol. The van der Waals surface area contributed by atoms with Crippen molar-refractivity contribution in [2.45, 2.75) is 0 Å². The first kappa shape index (κ1) is 8.87. The summed E-state index contributed by atoms with van der Waals surface area (Å²) in [5.41, 5.74) is 1.04. The second-order valence-electron chi connectivity index (χ2n) is 2.99. The molecule has 0 atom stereocenters. The van der Waals surface area contributed by atoms with Gasteiger partial charge in [-0.25, -0.2) is 4.39 Å². The lowest BCUT2D eigenvalue weighted by molar-refractivity contribution is -0.114. The van der Waals surface area contributed by atoms with Crippen LogP contribution in [0.2, 0.25) is 0 Å². The van der Waals surface area contributed by atoms with Gasteiger partial charge in [0.2, 0.25) is 0 Å². The second-order valence-corrected chi connectivity index (χ2v) is 2.99. The number of hydrogen-bond donors (Lipinski definition) is 1. The molecule has 14 heavy (non-hydrogen) atoms. The maximum absolute atomic E-state index is 12.6. The molecule has 0 bridgehead atoms. The predicted molar refractivity (Wildman–Crippen MR) is 50.8 cm³/mol. The van der Waals surface area contributed by atoms with Gasteiger partial charge in [0.1, 0.15) is 11.5 Å². The Hall–Kier alpha value is -1.71. The highest BCUT2D eigenvalue weighted by atomic mass is 19.1. The van der Waals surface area contributed by atoms with Crippen LogP contribution in [-0.2, 0) is 4.79 Å². The van der Waals surface area contributed by atoms with Crippen LogP contribution >= 0.6 is 0 Å². The van der Waals surface area contributed by atoms with Gasteiger partial charge in [0, 0.05) is 12.1 Å². The fourth-order valence-electron chi connectivity index (χ4n) is 1.32. The number of carbonyl (C=O) groups is 1. The Morgan fingerprint density at radius 2 is 2.00 bits per heavy atom. The number of aliphatic imine (C=N–C) groups is 1.